The molecule has 4 rings (SSSR count). The molecular weight excluding hydrogens is 500 g/mol. The highest BCUT2D eigenvalue weighted by atomic mass is 16.5. The summed E-state index contributed by atoms with van der Waals surface area (Å²) in [4.78, 5) is 28.8. The third-order valence-electron chi connectivity index (χ3n) is 7.78. The number of hydrogen-bond donors (Lipinski definition) is 4. The highest BCUT2D eigenvalue weighted by Crippen LogP contribution is 2.41. The summed E-state index contributed by atoms with van der Waals surface area (Å²) in [7, 11) is 0. The van der Waals surface area contributed by atoms with Gasteiger partial charge in [-0.25, -0.2) is 0 Å². The van der Waals surface area contributed by atoms with E-state index < -0.39 is 0 Å². The van der Waals surface area contributed by atoms with Crippen LogP contribution >= 0.6 is 0 Å². The van der Waals surface area contributed by atoms with E-state index in [4.69, 9.17) is 21.9 Å². The molecule has 7 N–H and O–H groups in total. The molecule has 0 amide bonds. The molecule has 40 heavy (non-hydrogen) atoms. The molecule has 0 spiro atoms. The average Bonchev–Trinajstić information content (AvgIpc) is 3.32. The third-order valence-corrected chi connectivity index (χ3v) is 7.78. The van der Waals surface area contributed by atoms with Crippen LogP contribution in [0.15, 0.2) is 66.0 Å². The molecule has 1 saturated carbocycles. The third kappa shape index (κ3) is 7.21. The maximum absolute atomic E-state index is 14.1. The molecule has 212 valence electrons. The molecule has 2 aliphatic carbocycles. The summed E-state index contributed by atoms with van der Waals surface area (Å²) in [5, 5.41) is 0.663. The first-order valence-electron chi connectivity index (χ1n) is 14.3. The predicted molar refractivity (Wildman–Crippen MR) is 164 cm³/mol. The minimum Gasteiger partial charge on any atom is -0.458 e. The van der Waals surface area contributed by atoms with Crippen LogP contribution < -0.4 is 21.9 Å². The molecule has 1 aromatic carbocycles. The second-order valence-electron chi connectivity index (χ2n) is 11.0. The highest BCUT2D eigenvalue weighted by molar-refractivity contribution is 6.10. The molecule has 0 saturated heterocycles. The number of ketones is 2. The zero-order valence-corrected chi connectivity index (χ0v) is 23.7. The fourth-order valence-electron chi connectivity index (χ4n) is 5.42. The first kappa shape index (κ1) is 29.2. The lowest BCUT2D eigenvalue weighted by Crippen LogP contribution is -2.28. The Balaban J connectivity index is 1.73. The van der Waals surface area contributed by atoms with E-state index in [1.165, 1.54) is 25.8 Å². The van der Waals surface area contributed by atoms with Crippen molar-refractivity contribution in [3.05, 3.63) is 77.3 Å². The van der Waals surface area contributed by atoms with Crippen LogP contribution in [0.3, 0.4) is 0 Å². The smallest absolute Gasteiger partial charge is 0.186 e. The number of nitrogens with two attached hydrogens (primary N) is 3. The Morgan fingerprint density at radius 2 is 1.80 bits per heavy atom. The van der Waals surface area contributed by atoms with Gasteiger partial charge >= 0.3 is 0 Å². The van der Waals surface area contributed by atoms with Gasteiger partial charge in [0, 0.05) is 29.8 Å². The van der Waals surface area contributed by atoms with Crippen molar-refractivity contribution in [2.24, 2.45) is 11.7 Å². The number of hydrogen-bond acceptors (Lipinski definition) is 6. The standard InChI is InChI=1S/C33H42N4O3/c1-21(38)17-18-23-11-8-9-15-26(16-10-12-23)40-33-29-28(20-27(35)22(2)30(29)36)37-31(33)32(39)24-13-6-4-3-5-7-14-25(34)19-24/h8-12,16-18,20,24-25,37H,3-7,13-15,19,34-36H2,1-2H3/b9-8-,12-10+,18-17+,23-11+,26-16+. The Morgan fingerprint density at radius 1 is 1.05 bits per heavy atom. The van der Waals surface area contributed by atoms with Crippen molar-refractivity contribution in [3.63, 3.8) is 0 Å². The maximum atomic E-state index is 14.1. The van der Waals surface area contributed by atoms with Gasteiger partial charge in [0.05, 0.1) is 10.9 Å². The van der Waals surface area contributed by atoms with Crippen LogP contribution in [0.5, 0.6) is 5.75 Å². The number of H-pyrrole nitrogens is 1. The number of allylic oxidation sites excluding steroid dienone is 9. The van der Waals surface area contributed by atoms with Crippen LogP contribution in [-0.2, 0) is 4.79 Å². The van der Waals surface area contributed by atoms with Gasteiger partial charge in [-0.3, -0.25) is 9.59 Å². The summed E-state index contributed by atoms with van der Waals surface area (Å²) in [5.74, 6) is 0.884. The van der Waals surface area contributed by atoms with Crippen LogP contribution in [0.4, 0.5) is 11.4 Å². The summed E-state index contributed by atoms with van der Waals surface area (Å²) in [6.45, 7) is 3.39. The molecule has 0 bridgehead atoms. The second kappa shape index (κ2) is 13.5. The summed E-state index contributed by atoms with van der Waals surface area (Å²) >= 11 is 0. The maximum Gasteiger partial charge on any atom is 0.186 e. The largest absolute Gasteiger partial charge is 0.458 e. The van der Waals surface area contributed by atoms with Gasteiger partial charge in [-0.15, -0.1) is 0 Å². The number of Topliss-reactive ketones (excluding diaryl/α,β-unsaturated/α-hetero) is 1. The van der Waals surface area contributed by atoms with E-state index in [1.807, 2.05) is 49.4 Å². The fourth-order valence-corrected chi connectivity index (χ4v) is 5.42. The van der Waals surface area contributed by atoms with Crippen molar-refractivity contribution < 1.29 is 14.3 Å². The molecule has 1 aromatic heterocycles. The Hall–Kier alpha value is -3.84. The monoisotopic (exact) mass is 542 g/mol. The van der Waals surface area contributed by atoms with Gasteiger partial charge in [-0.05, 0) is 62.5 Å². The quantitative estimate of drug-likeness (QED) is 0.181. The number of aromatic nitrogens is 1. The Labute approximate surface area is 236 Å². The molecule has 2 unspecified atom stereocenters. The van der Waals surface area contributed by atoms with Crippen molar-refractivity contribution in [2.45, 2.75) is 77.7 Å². The van der Waals surface area contributed by atoms with Gasteiger partial charge in [0.1, 0.15) is 11.5 Å². The number of fused-ring (bicyclic) bond motifs is 1. The molecule has 7 heteroatoms. The van der Waals surface area contributed by atoms with E-state index in [2.05, 4.69) is 4.98 Å². The average molecular weight is 543 g/mol. The summed E-state index contributed by atoms with van der Waals surface area (Å²) in [5.41, 5.74) is 23.1. The van der Waals surface area contributed by atoms with Gasteiger partial charge in [-0.2, -0.15) is 0 Å². The Kier molecular flexibility index (Phi) is 9.83. The lowest BCUT2D eigenvalue weighted by molar-refractivity contribution is -0.112. The van der Waals surface area contributed by atoms with Crippen LogP contribution in [-0.4, -0.2) is 22.6 Å². The molecule has 2 aliphatic rings. The lowest BCUT2D eigenvalue weighted by atomic mass is 9.86. The van der Waals surface area contributed by atoms with E-state index >= 15 is 0 Å². The number of ether oxygens (including phenoxy) is 1. The van der Waals surface area contributed by atoms with Crippen molar-refractivity contribution in [1.29, 1.82) is 0 Å². The number of carbonyl (C=O) groups excluding carboxylic acids is 2. The number of carbonyl (C=O) groups is 2. The molecule has 1 fully saturated rings. The van der Waals surface area contributed by atoms with Crippen LogP contribution in [0.25, 0.3) is 10.9 Å². The molecule has 0 aliphatic heterocycles. The first-order chi connectivity index (χ1) is 19.2. The summed E-state index contributed by atoms with van der Waals surface area (Å²) in [6, 6.07) is 1.81. The molecule has 7 nitrogen and oxygen atoms in total. The van der Waals surface area contributed by atoms with Crippen molar-refractivity contribution in [2.75, 3.05) is 11.5 Å². The number of nitrogens with one attached hydrogen (secondary N) is 1. The van der Waals surface area contributed by atoms with E-state index in [0.717, 1.165) is 43.2 Å². The van der Waals surface area contributed by atoms with Gasteiger partial charge < -0.3 is 26.9 Å². The normalized spacial score (nSPS) is 25.1. The zero-order chi connectivity index (χ0) is 28.6. The van der Waals surface area contributed by atoms with E-state index in [-0.39, 0.29) is 23.5 Å². The van der Waals surface area contributed by atoms with Gasteiger partial charge in [0.15, 0.2) is 17.3 Å². The van der Waals surface area contributed by atoms with Crippen LogP contribution in [0.1, 0.15) is 80.8 Å². The molecule has 1 heterocycles. The number of anilines is 2. The number of rotatable bonds is 6. The number of aromatic amines is 1. The molecule has 0 radical (unpaired) electrons. The van der Waals surface area contributed by atoms with Gasteiger partial charge in [0.2, 0.25) is 0 Å². The zero-order valence-electron chi connectivity index (χ0n) is 23.7. The fraction of sp³-hybridized carbons (Fsp3) is 0.394. The van der Waals surface area contributed by atoms with E-state index in [9.17, 15) is 9.59 Å². The first-order valence-corrected chi connectivity index (χ1v) is 14.3. The number of nitrogen functional groups attached to an aromatic ring is 2. The lowest BCUT2D eigenvalue weighted by Gasteiger charge is -2.22. The van der Waals surface area contributed by atoms with Gasteiger partial charge in [0.25, 0.3) is 0 Å². The highest BCUT2D eigenvalue weighted by Gasteiger charge is 2.30. The summed E-state index contributed by atoms with van der Waals surface area (Å²) in [6.07, 6.45) is 23.3. The van der Waals surface area contributed by atoms with Crippen molar-refractivity contribution in [3.8, 4) is 5.75 Å². The van der Waals surface area contributed by atoms with Gasteiger partial charge in [-0.1, -0.05) is 68.6 Å². The molecule has 2 atom stereocenters. The minimum atomic E-state index is -0.197. The van der Waals surface area contributed by atoms with E-state index in [0.29, 0.717) is 52.3 Å². The van der Waals surface area contributed by atoms with Crippen molar-refractivity contribution >= 4 is 33.8 Å². The Morgan fingerprint density at radius 3 is 2.58 bits per heavy atom. The molecular formula is C33H42N4O3. The summed E-state index contributed by atoms with van der Waals surface area (Å²) < 4.78 is 6.54. The SMILES string of the molecule is CC(=O)/C=C/C1=C/C=C\C/C(Oc2c(C(=O)C3CCCCCCCC(N)C3)[nH]c3cc(N)c(C)c(N)c23)=C\C=C\1. The van der Waals surface area contributed by atoms with E-state index in [1.54, 1.807) is 6.08 Å². The molecule has 2 aromatic rings. The second-order valence-corrected chi connectivity index (χ2v) is 11.0. The predicted octanol–water partition coefficient (Wildman–Crippen LogP) is 6.75. The number of benzene rings is 1. The van der Waals surface area contributed by atoms with Crippen LogP contribution in [0.2, 0.25) is 0 Å². The van der Waals surface area contributed by atoms with Crippen molar-refractivity contribution in [1.82, 2.24) is 4.98 Å². The van der Waals surface area contributed by atoms with Crippen LogP contribution in [0, 0.1) is 12.8 Å². The minimum absolute atomic E-state index is 0.00478. The Bertz CT molecular complexity index is 1410. The topological polar surface area (TPSA) is 137 Å².